The first-order valence-electron chi connectivity index (χ1n) is 14.7. The predicted molar refractivity (Wildman–Crippen MR) is 190 cm³/mol. The zero-order valence-electron chi connectivity index (χ0n) is 27.2. The van der Waals surface area contributed by atoms with E-state index in [1.165, 1.54) is 62.4 Å². The summed E-state index contributed by atoms with van der Waals surface area (Å²) in [7, 11) is 0. The smallest absolute Gasteiger partial charge is 0.376 e. The second-order valence-corrected chi connectivity index (χ2v) is 13.2. The lowest BCUT2D eigenvalue weighted by atomic mass is 9.86. The van der Waals surface area contributed by atoms with E-state index >= 15 is 0 Å². The molecule has 0 bridgehead atoms. The molecule has 0 spiro atoms. The maximum Gasteiger partial charge on any atom is 0.421 e. The molecule has 4 aromatic rings. The van der Waals surface area contributed by atoms with Gasteiger partial charge < -0.3 is 16.6 Å². The summed E-state index contributed by atoms with van der Waals surface area (Å²) < 4.78 is 81.2. The summed E-state index contributed by atoms with van der Waals surface area (Å²) in [6.45, 7) is 3.02. The van der Waals surface area contributed by atoms with Crippen LogP contribution in [-0.2, 0) is 5.60 Å². The lowest BCUT2D eigenvalue weighted by Gasteiger charge is -2.30. The molecule has 4 aromatic carbocycles. The van der Waals surface area contributed by atoms with Gasteiger partial charge in [-0.3, -0.25) is 19.2 Å². The number of hydrogen-bond acceptors (Lipinski definition) is 5. The van der Waals surface area contributed by atoms with Gasteiger partial charge in [0, 0.05) is 42.3 Å². The zero-order chi connectivity index (χ0) is 40.2. The number of carbonyl (C=O) groups is 4. The standard InChI is InChI=1S/C18H14Cl2F3NO3.C18H12Cl2F3NO2/c1-9-4-10(2-3-14(9)16(24)26)15(25)8-17(27,18(21,22)23)11-5-12(19)7-13(20)6-11;1-9-4-10(2-3-14(9)17(24)26)16(25)8-15(18(21,22)23)11-5-12(19)7-13(20)6-11/h2-7,27H,8H2,1H3,(H2,24,26);2-8H,1H3,(H2,24,26). The fourth-order valence-electron chi connectivity index (χ4n) is 4.95. The quantitative estimate of drug-likeness (QED) is 0.0877. The second kappa shape index (κ2) is 16.7. The van der Waals surface area contributed by atoms with Gasteiger partial charge in [0.25, 0.3) is 0 Å². The molecule has 0 fully saturated rings. The molecule has 5 N–H and O–H groups in total. The van der Waals surface area contributed by atoms with Crippen molar-refractivity contribution in [3.63, 3.8) is 0 Å². The number of primary amides is 2. The van der Waals surface area contributed by atoms with E-state index in [1.807, 2.05) is 0 Å². The maximum atomic E-state index is 13.6. The summed E-state index contributed by atoms with van der Waals surface area (Å²) in [5.41, 5.74) is 5.62. The molecule has 0 aliphatic heterocycles. The average Bonchev–Trinajstić information content (AvgIpc) is 3.01. The first-order valence-corrected chi connectivity index (χ1v) is 16.2. The van der Waals surface area contributed by atoms with Crippen molar-refractivity contribution in [2.75, 3.05) is 0 Å². The second-order valence-electron chi connectivity index (χ2n) is 11.5. The number of amides is 2. The van der Waals surface area contributed by atoms with Crippen LogP contribution < -0.4 is 11.5 Å². The number of aliphatic hydroxyl groups is 1. The molecule has 0 aromatic heterocycles. The fraction of sp³-hybridized carbons (Fsp3) is 0.167. The van der Waals surface area contributed by atoms with Gasteiger partial charge in [-0.25, -0.2) is 0 Å². The van der Waals surface area contributed by atoms with E-state index in [4.69, 9.17) is 57.9 Å². The largest absolute Gasteiger partial charge is 0.421 e. The lowest BCUT2D eigenvalue weighted by Crippen LogP contribution is -2.44. The van der Waals surface area contributed by atoms with Crippen LogP contribution in [-0.4, -0.2) is 40.8 Å². The summed E-state index contributed by atoms with van der Waals surface area (Å²) in [6, 6.07) is 13.9. The molecule has 0 saturated heterocycles. The van der Waals surface area contributed by atoms with Gasteiger partial charge in [0.15, 0.2) is 17.2 Å². The van der Waals surface area contributed by atoms with Crippen molar-refractivity contribution in [3.8, 4) is 0 Å². The van der Waals surface area contributed by atoms with Crippen molar-refractivity contribution in [3.05, 3.63) is 143 Å². The zero-order valence-corrected chi connectivity index (χ0v) is 30.3. The molecule has 17 heteroatoms. The molecule has 0 radical (unpaired) electrons. The van der Waals surface area contributed by atoms with Gasteiger partial charge in [0.2, 0.25) is 11.8 Å². The number of carbonyl (C=O) groups excluding carboxylic acids is 4. The highest BCUT2D eigenvalue weighted by Gasteiger charge is 2.56. The van der Waals surface area contributed by atoms with Gasteiger partial charge >= 0.3 is 12.4 Å². The summed E-state index contributed by atoms with van der Waals surface area (Å²) in [6.07, 6.45) is -10.8. The highest BCUT2D eigenvalue weighted by atomic mass is 35.5. The summed E-state index contributed by atoms with van der Waals surface area (Å²) in [5.74, 6) is -3.29. The number of nitrogens with two attached hydrogens (primary N) is 2. The first-order chi connectivity index (χ1) is 24.3. The van der Waals surface area contributed by atoms with E-state index in [-0.39, 0.29) is 47.9 Å². The van der Waals surface area contributed by atoms with Crippen molar-refractivity contribution in [1.82, 2.24) is 0 Å². The van der Waals surface area contributed by atoms with Gasteiger partial charge in [-0.2, -0.15) is 26.3 Å². The molecular weight excluding hydrogens is 796 g/mol. The van der Waals surface area contributed by atoms with E-state index in [9.17, 15) is 50.6 Å². The first kappa shape index (κ1) is 43.0. The summed E-state index contributed by atoms with van der Waals surface area (Å²) >= 11 is 23.0. The number of hydrogen-bond donors (Lipinski definition) is 3. The van der Waals surface area contributed by atoms with Crippen LogP contribution >= 0.6 is 46.4 Å². The van der Waals surface area contributed by atoms with Gasteiger partial charge in [0.1, 0.15) is 0 Å². The van der Waals surface area contributed by atoms with E-state index in [0.29, 0.717) is 17.2 Å². The summed E-state index contributed by atoms with van der Waals surface area (Å²) in [5, 5.41) is 10.2. The third-order valence-electron chi connectivity index (χ3n) is 7.57. The van der Waals surface area contributed by atoms with Gasteiger partial charge in [-0.15, -0.1) is 0 Å². The Bertz CT molecular complexity index is 2100. The molecule has 1 atom stereocenters. The molecule has 0 aliphatic rings. The molecule has 0 heterocycles. The number of ketones is 2. The van der Waals surface area contributed by atoms with Crippen LogP contribution in [0.25, 0.3) is 5.57 Å². The van der Waals surface area contributed by atoms with Gasteiger partial charge in [-0.1, -0.05) is 58.5 Å². The Morgan fingerprint density at radius 2 is 1.06 bits per heavy atom. The van der Waals surface area contributed by atoms with Crippen LogP contribution in [0.5, 0.6) is 0 Å². The van der Waals surface area contributed by atoms with E-state index in [0.717, 1.165) is 24.3 Å². The number of benzene rings is 4. The van der Waals surface area contributed by atoms with Crippen LogP contribution in [0.3, 0.4) is 0 Å². The third-order valence-corrected chi connectivity index (χ3v) is 8.44. The van der Waals surface area contributed by atoms with Crippen molar-refractivity contribution in [2.45, 2.75) is 38.2 Å². The Labute approximate surface area is 318 Å². The number of aryl methyl sites for hydroxylation is 2. The Balaban J connectivity index is 0.000000286. The van der Waals surface area contributed by atoms with E-state index < -0.39 is 58.9 Å². The molecule has 1 unspecified atom stereocenters. The Morgan fingerprint density at radius 3 is 1.45 bits per heavy atom. The van der Waals surface area contributed by atoms with Crippen molar-refractivity contribution < 1.29 is 50.6 Å². The number of allylic oxidation sites excluding steroid dienone is 2. The number of alkyl halides is 6. The molecule has 280 valence electrons. The normalized spacial score (nSPS) is 13.0. The van der Waals surface area contributed by atoms with Gasteiger partial charge in [0.05, 0.1) is 12.0 Å². The average molecular weight is 822 g/mol. The van der Waals surface area contributed by atoms with E-state index in [2.05, 4.69) is 0 Å². The van der Waals surface area contributed by atoms with Gasteiger partial charge in [-0.05, 0) is 103 Å². The van der Waals surface area contributed by atoms with Crippen LogP contribution in [0.1, 0.15) is 70.1 Å². The molecule has 4 rings (SSSR count). The minimum atomic E-state index is -5.17. The molecule has 2 amide bonds. The fourth-order valence-corrected chi connectivity index (χ4v) is 6.00. The SMILES string of the molecule is Cc1cc(C(=O)C=C(c2cc(Cl)cc(Cl)c2)C(F)(F)F)ccc1C(N)=O.Cc1cc(C(=O)CC(O)(c2cc(Cl)cc(Cl)c2)C(F)(F)F)ccc1C(N)=O. The highest BCUT2D eigenvalue weighted by molar-refractivity contribution is 6.35. The number of Topliss-reactive ketones (excluding diaryl/α,β-unsaturated/α-hetero) is 1. The Hall–Kier alpha value is -4.40. The van der Waals surface area contributed by atoms with Crippen LogP contribution in [0, 0.1) is 13.8 Å². The molecular formula is C36H26Cl4F6N2O5. The molecule has 53 heavy (non-hydrogen) atoms. The molecule has 7 nitrogen and oxygen atoms in total. The highest BCUT2D eigenvalue weighted by Crippen LogP contribution is 2.44. The van der Waals surface area contributed by atoms with Crippen LogP contribution in [0.2, 0.25) is 20.1 Å². The molecule has 0 saturated carbocycles. The van der Waals surface area contributed by atoms with Crippen molar-refractivity contribution in [1.29, 1.82) is 0 Å². The number of rotatable bonds is 9. The lowest BCUT2D eigenvalue weighted by molar-refractivity contribution is -0.264. The number of halogens is 10. The Kier molecular flexibility index (Phi) is 13.6. The minimum Gasteiger partial charge on any atom is -0.376 e. The molecule has 0 aliphatic carbocycles. The van der Waals surface area contributed by atoms with E-state index in [1.54, 1.807) is 0 Å². The third kappa shape index (κ3) is 10.8. The van der Waals surface area contributed by atoms with Crippen molar-refractivity contribution >= 4 is 75.4 Å². The monoisotopic (exact) mass is 820 g/mol. The topological polar surface area (TPSA) is 141 Å². The van der Waals surface area contributed by atoms with Crippen LogP contribution in [0.15, 0.2) is 78.9 Å². The maximum absolute atomic E-state index is 13.6. The Morgan fingerprint density at radius 1 is 0.642 bits per heavy atom. The predicted octanol–water partition coefficient (Wildman–Crippen LogP) is 9.65. The van der Waals surface area contributed by atoms with Crippen molar-refractivity contribution in [2.24, 2.45) is 11.5 Å². The summed E-state index contributed by atoms with van der Waals surface area (Å²) in [4.78, 5) is 47.2. The minimum absolute atomic E-state index is 0.0109. The van der Waals surface area contributed by atoms with Crippen LogP contribution in [0.4, 0.5) is 26.3 Å².